The summed E-state index contributed by atoms with van der Waals surface area (Å²) in [6, 6.07) is 0. The molecule has 0 saturated carbocycles. The SMILES string of the molecule is Cc1ocnc1C(=O)NCC(N)=O. The summed E-state index contributed by atoms with van der Waals surface area (Å²) in [5, 5.41) is 2.29. The zero-order valence-corrected chi connectivity index (χ0v) is 7.03. The summed E-state index contributed by atoms with van der Waals surface area (Å²) < 4.78 is 4.80. The molecule has 0 unspecified atom stereocenters. The van der Waals surface area contributed by atoms with E-state index in [2.05, 4.69) is 10.3 Å². The summed E-state index contributed by atoms with van der Waals surface area (Å²) in [6.45, 7) is 1.40. The van der Waals surface area contributed by atoms with Crippen LogP contribution in [0.5, 0.6) is 0 Å². The van der Waals surface area contributed by atoms with Crippen LogP contribution in [0.25, 0.3) is 0 Å². The van der Waals surface area contributed by atoms with Crippen molar-refractivity contribution in [2.75, 3.05) is 6.54 Å². The number of carbonyl (C=O) groups excluding carboxylic acids is 2. The third-order valence-corrected chi connectivity index (χ3v) is 1.38. The predicted octanol–water partition coefficient (Wildman–Crippen LogP) is -0.802. The third-order valence-electron chi connectivity index (χ3n) is 1.38. The van der Waals surface area contributed by atoms with Crippen LogP contribution in [-0.4, -0.2) is 23.3 Å². The molecule has 70 valence electrons. The molecule has 0 aliphatic rings. The van der Waals surface area contributed by atoms with Gasteiger partial charge >= 0.3 is 0 Å². The number of oxazole rings is 1. The molecule has 0 aromatic carbocycles. The van der Waals surface area contributed by atoms with Crippen molar-refractivity contribution in [3.05, 3.63) is 17.8 Å². The van der Waals surface area contributed by atoms with Gasteiger partial charge in [-0.2, -0.15) is 0 Å². The van der Waals surface area contributed by atoms with Gasteiger partial charge in [0.1, 0.15) is 5.76 Å². The fourth-order valence-electron chi connectivity index (χ4n) is 0.774. The predicted molar refractivity (Wildman–Crippen MR) is 42.8 cm³/mol. The van der Waals surface area contributed by atoms with Crippen LogP contribution in [0.2, 0.25) is 0 Å². The second-order valence-electron chi connectivity index (χ2n) is 2.41. The van der Waals surface area contributed by atoms with Crippen LogP contribution in [0.3, 0.4) is 0 Å². The van der Waals surface area contributed by atoms with Gasteiger partial charge in [0, 0.05) is 0 Å². The molecule has 0 fully saturated rings. The maximum Gasteiger partial charge on any atom is 0.273 e. The van der Waals surface area contributed by atoms with Crippen molar-refractivity contribution in [1.82, 2.24) is 10.3 Å². The highest BCUT2D eigenvalue weighted by Crippen LogP contribution is 2.03. The van der Waals surface area contributed by atoms with Crippen LogP contribution >= 0.6 is 0 Å². The Morgan fingerprint density at radius 1 is 1.69 bits per heavy atom. The first-order valence-corrected chi connectivity index (χ1v) is 3.58. The first-order valence-electron chi connectivity index (χ1n) is 3.58. The van der Waals surface area contributed by atoms with Crippen molar-refractivity contribution in [2.45, 2.75) is 6.92 Å². The molecule has 3 N–H and O–H groups in total. The van der Waals surface area contributed by atoms with Crippen molar-refractivity contribution in [3.63, 3.8) is 0 Å². The number of carbonyl (C=O) groups is 2. The van der Waals surface area contributed by atoms with E-state index >= 15 is 0 Å². The Bertz CT molecular complexity index is 331. The number of aryl methyl sites for hydroxylation is 1. The Hall–Kier alpha value is -1.85. The summed E-state index contributed by atoms with van der Waals surface area (Å²) in [5.74, 6) is -0.665. The summed E-state index contributed by atoms with van der Waals surface area (Å²) in [5.41, 5.74) is 5.00. The van der Waals surface area contributed by atoms with E-state index in [-0.39, 0.29) is 12.2 Å². The van der Waals surface area contributed by atoms with E-state index in [1.807, 2.05) is 0 Å². The molecule has 0 aliphatic heterocycles. The zero-order valence-electron chi connectivity index (χ0n) is 7.03. The Balaban J connectivity index is 2.59. The number of amides is 2. The number of aromatic nitrogens is 1. The largest absolute Gasteiger partial charge is 0.448 e. The first-order chi connectivity index (χ1) is 6.11. The van der Waals surface area contributed by atoms with E-state index in [0.29, 0.717) is 5.76 Å². The second-order valence-corrected chi connectivity index (χ2v) is 2.41. The number of nitrogens with one attached hydrogen (secondary N) is 1. The van der Waals surface area contributed by atoms with Crippen LogP contribution in [0, 0.1) is 6.92 Å². The van der Waals surface area contributed by atoms with Crippen LogP contribution in [0.4, 0.5) is 0 Å². The summed E-state index contributed by atoms with van der Waals surface area (Å²) >= 11 is 0. The van der Waals surface area contributed by atoms with Crippen molar-refractivity contribution in [1.29, 1.82) is 0 Å². The zero-order chi connectivity index (χ0) is 9.84. The number of hydrogen-bond donors (Lipinski definition) is 2. The Morgan fingerprint density at radius 3 is 2.85 bits per heavy atom. The minimum Gasteiger partial charge on any atom is -0.448 e. The van der Waals surface area contributed by atoms with Crippen LogP contribution < -0.4 is 11.1 Å². The fourth-order valence-corrected chi connectivity index (χ4v) is 0.774. The highest BCUT2D eigenvalue weighted by atomic mass is 16.3. The lowest BCUT2D eigenvalue weighted by Gasteiger charge is -1.98. The smallest absolute Gasteiger partial charge is 0.273 e. The second kappa shape index (κ2) is 3.70. The van der Waals surface area contributed by atoms with Crippen molar-refractivity contribution in [3.8, 4) is 0 Å². The molecule has 0 aliphatic carbocycles. The van der Waals surface area contributed by atoms with Gasteiger partial charge in [-0.05, 0) is 6.92 Å². The molecule has 1 aromatic rings. The topological polar surface area (TPSA) is 98.2 Å². The summed E-state index contributed by atoms with van der Waals surface area (Å²) in [6.07, 6.45) is 1.16. The van der Waals surface area contributed by atoms with Gasteiger partial charge in [-0.25, -0.2) is 4.98 Å². The third kappa shape index (κ3) is 2.29. The number of rotatable bonds is 3. The molecule has 1 aromatic heterocycles. The lowest BCUT2D eigenvalue weighted by molar-refractivity contribution is -0.117. The van der Waals surface area contributed by atoms with Crippen LogP contribution in [-0.2, 0) is 4.79 Å². The molecule has 6 heteroatoms. The monoisotopic (exact) mass is 183 g/mol. The molecule has 1 heterocycles. The van der Waals surface area contributed by atoms with E-state index in [9.17, 15) is 9.59 Å². The molecular formula is C7H9N3O3. The van der Waals surface area contributed by atoms with Gasteiger partial charge in [0.15, 0.2) is 12.1 Å². The Labute approximate surface area is 74.1 Å². The maximum atomic E-state index is 11.2. The molecule has 0 radical (unpaired) electrons. The van der Waals surface area contributed by atoms with Gasteiger partial charge in [-0.15, -0.1) is 0 Å². The number of nitrogens with two attached hydrogens (primary N) is 1. The fraction of sp³-hybridized carbons (Fsp3) is 0.286. The highest BCUT2D eigenvalue weighted by Gasteiger charge is 2.12. The van der Waals surface area contributed by atoms with Gasteiger partial charge in [-0.1, -0.05) is 0 Å². The standard InChI is InChI=1S/C7H9N3O3/c1-4-6(10-3-13-4)7(12)9-2-5(8)11/h3H,2H2,1H3,(H2,8,11)(H,9,12). The van der Waals surface area contributed by atoms with Gasteiger partial charge in [-0.3, -0.25) is 9.59 Å². The normalized spacial score (nSPS) is 9.62. The van der Waals surface area contributed by atoms with E-state index in [1.54, 1.807) is 6.92 Å². The van der Waals surface area contributed by atoms with Crippen LogP contribution in [0.1, 0.15) is 16.2 Å². The van der Waals surface area contributed by atoms with Gasteiger partial charge < -0.3 is 15.5 Å². The average Bonchev–Trinajstić information content (AvgIpc) is 2.47. The quantitative estimate of drug-likeness (QED) is 0.640. The molecule has 2 amide bonds. The number of primary amides is 1. The minimum atomic E-state index is -0.602. The van der Waals surface area contributed by atoms with Crippen molar-refractivity contribution in [2.24, 2.45) is 5.73 Å². The summed E-state index contributed by atoms with van der Waals surface area (Å²) in [4.78, 5) is 25.2. The average molecular weight is 183 g/mol. The lowest BCUT2D eigenvalue weighted by Crippen LogP contribution is -2.33. The number of hydrogen-bond acceptors (Lipinski definition) is 4. The molecule has 1 rings (SSSR count). The van der Waals surface area contributed by atoms with Gasteiger partial charge in [0.2, 0.25) is 5.91 Å². The van der Waals surface area contributed by atoms with E-state index in [0.717, 1.165) is 6.39 Å². The Morgan fingerprint density at radius 2 is 2.38 bits per heavy atom. The maximum absolute atomic E-state index is 11.2. The summed E-state index contributed by atoms with van der Waals surface area (Å²) in [7, 11) is 0. The lowest BCUT2D eigenvalue weighted by atomic mass is 10.3. The molecule has 0 saturated heterocycles. The van der Waals surface area contributed by atoms with Crippen molar-refractivity contribution < 1.29 is 14.0 Å². The van der Waals surface area contributed by atoms with Crippen LogP contribution in [0.15, 0.2) is 10.8 Å². The Kier molecular flexibility index (Phi) is 2.63. The number of nitrogens with zero attached hydrogens (tertiary/aromatic N) is 1. The van der Waals surface area contributed by atoms with E-state index in [4.69, 9.17) is 10.2 Å². The molecule has 0 spiro atoms. The van der Waals surface area contributed by atoms with Gasteiger partial charge in [0.05, 0.1) is 6.54 Å². The van der Waals surface area contributed by atoms with Crippen molar-refractivity contribution >= 4 is 11.8 Å². The first kappa shape index (κ1) is 9.24. The van der Waals surface area contributed by atoms with E-state index in [1.165, 1.54) is 0 Å². The van der Waals surface area contributed by atoms with E-state index < -0.39 is 11.8 Å². The molecule has 0 bridgehead atoms. The molecule has 0 atom stereocenters. The molecular weight excluding hydrogens is 174 g/mol. The molecule has 6 nitrogen and oxygen atoms in total. The van der Waals surface area contributed by atoms with Gasteiger partial charge in [0.25, 0.3) is 5.91 Å². The molecule has 13 heavy (non-hydrogen) atoms. The highest BCUT2D eigenvalue weighted by molar-refractivity contribution is 5.95. The minimum absolute atomic E-state index is 0.168.